The van der Waals surface area contributed by atoms with Crippen LogP contribution in [0.1, 0.15) is 10.4 Å². The zero-order valence-corrected chi connectivity index (χ0v) is 15.0. The Hall–Kier alpha value is -2.15. The largest absolute Gasteiger partial charge is 0.504 e. The van der Waals surface area contributed by atoms with E-state index >= 15 is 0 Å². The Labute approximate surface area is 158 Å². The van der Waals surface area contributed by atoms with Crippen LogP contribution in [0.3, 0.4) is 0 Å². The van der Waals surface area contributed by atoms with Crippen LogP contribution in [0.2, 0.25) is 0 Å². The van der Waals surface area contributed by atoms with E-state index in [2.05, 4.69) is 0 Å². The summed E-state index contributed by atoms with van der Waals surface area (Å²) >= 11 is 14.8. The third kappa shape index (κ3) is 9.66. The van der Waals surface area contributed by atoms with Gasteiger partial charge in [0.2, 0.25) is 5.24 Å². The fraction of sp³-hybridized carbons (Fsp3) is 0.125. The number of alkyl halides is 2. The second-order valence-electron chi connectivity index (χ2n) is 4.24. The van der Waals surface area contributed by atoms with E-state index in [0.29, 0.717) is 5.56 Å². The van der Waals surface area contributed by atoms with Crippen molar-refractivity contribution >= 4 is 45.8 Å². The topological polar surface area (TPSA) is 115 Å². The average Bonchev–Trinajstić information content (AvgIpc) is 2.60. The number of hydrogen-bond donors (Lipinski definition) is 4. The van der Waals surface area contributed by atoms with Crippen molar-refractivity contribution in [1.82, 2.24) is 0 Å². The van der Waals surface area contributed by atoms with Gasteiger partial charge < -0.3 is 20.4 Å². The summed E-state index contributed by atoms with van der Waals surface area (Å²) in [4.78, 5) is 20.4. The molecule has 0 aromatic heterocycles. The molecule has 0 saturated heterocycles. The molecule has 136 valence electrons. The summed E-state index contributed by atoms with van der Waals surface area (Å²) in [7, 11) is 0. The molecule has 6 nitrogen and oxygen atoms in total. The summed E-state index contributed by atoms with van der Waals surface area (Å²) in [6, 6.07) is 9.98. The van der Waals surface area contributed by atoms with Crippen LogP contribution in [-0.2, 0) is 4.79 Å². The summed E-state index contributed by atoms with van der Waals surface area (Å²) in [6.07, 6.45) is 0. The molecule has 0 aliphatic rings. The molecule has 0 fully saturated rings. The number of hydrogen-bond acceptors (Lipinski definition) is 6. The van der Waals surface area contributed by atoms with E-state index in [4.69, 9.17) is 55.2 Å². The second kappa shape index (κ2) is 12.2. The van der Waals surface area contributed by atoms with E-state index < -0.39 is 5.24 Å². The first kappa shape index (κ1) is 22.9. The first-order chi connectivity index (χ1) is 11.7. The number of aromatic hydroxyl groups is 4. The van der Waals surface area contributed by atoms with Crippen LogP contribution >= 0.6 is 34.8 Å². The zero-order valence-electron chi connectivity index (χ0n) is 12.7. The van der Waals surface area contributed by atoms with Crippen molar-refractivity contribution in [3.63, 3.8) is 0 Å². The van der Waals surface area contributed by atoms with Gasteiger partial charge in [0.25, 0.3) is 0 Å². The Morgan fingerprint density at radius 1 is 0.760 bits per heavy atom. The molecule has 0 saturated carbocycles. The minimum Gasteiger partial charge on any atom is -0.504 e. The first-order valence-corrected chi connectivity index (χ1v) is 8.00. The van der Waals surface area contributed by atoms with E-state index in [0.717, 1.165) is 0 Å². The maximum atomic E-state index is 11.0. The number of para-hydroxylation sites is 2. The number of ketones is 1. The molecule has 4 N–H and O–H groups in total. The van der Waals surface area contributed by atoms with Crippen LogP contribution in [0.25, 0.3) is 0 Å². The van der Waals surface area contributed by atoms with Gasteiger partial charge in [0, 0.05) is 5.56 Å². The normalized spacial score (nSPS) is 9.08. The van der Waals surface area contributed by atoms with Crippen molar-refractivity contribution in [1.29, 1.82) is 0 Å². The van der Waals surface area contributed by atoms with Crippen molar-refractivity contribution in [2.24, 2.45) is 0 Å². The predicted octanol–water partition coefficient (Wildman–Crippen LogP) is 3.61. The Morgan fingerprint density at radius 3 is 1.52 bits per heavy atom. The monoisotopic (exact) mass is 408 g/mol. The van der Waals surface area contributed by atoms with Gasteiger partial charge in [-0.05, 0) is 41.9 Å². The van der Waals surface area contributed by atoms with Crippen molar-refractivity contribution < 1.29 is 30.0 Å². The van der Waals surface area contributed by atoms with E-state index in [-0.39, 0.29) is 40.5 Å². The van der Waals surface area contributed by atoms with Crippen molar-refractivity contribution in [2.75, 3.05) is 11.8 Å². The highest BCUT2D eigenvalue weighted by Crippen LogP contribution is 2.25. The Balaban J connectivity index is 0.000000382. The van der Waals surface area contributed by atoms with E-state index in [1.54, 1.807) is 12.1 Å². The van der Waals surface area contributed by atoms with Crippen LogP contribution in [0, 0.1) is 0 Å². The SMILES string of the molecule is O=C(CCl)c1ccc(O)c(O)c1.O=C(Cl)CCl.Oc1ccccc1O. The fourth-order valence-corrected chi connectivity index (χ4v) is 1.39. The van der Waals surface area contributed by atoms with Gasteiger partial charge in [0.1, 0.15) is 0 Å². The number of Topliss-reactive ketones (excluding diaryl/α,β-unsaturated/α-hetero) is 1. The molecular weight excluding hydrogens is 395 g/mol. The summed E-state index contributed by atoms with van der Waals surface area (Å²) in [6.45, 7) is 0. The molecule has 9 heteroatoms. The minimum absolute atomic E-state index is 0.0764. The molecule has 0 amide bonds. The molecule has 2 aromatic carbocycles. The molecule has 0 heterocycles. The molecule has 0 bridgehead atoms. The lowest BCUT2D eigenvalue weighted by molar-refractivity contribution is -0.109. The third-order valence-corrected chi connectivity index (χ3v) is 3.16. The van der Waals surface area contributed by atoms with Gasteiger partial charge in [-0.3, -0.25) is 9.59 Å². The average molecular weight is 410 g/mol. The lowest BCUT2D eigenvalue weighted by Gasteiger charge is -1.99. The Bertz CT molecular complexity index is 685. The van der Waals surface area contributed by atoms with Gasteiger partial charge in [-0.2, -0.15) is 0 Å². The first-order valence-electron chi connectivity index (χ1n) is 6.55. The maximum Gasteiger partial charge on any atom is 0.236 e. The fourth-order valence-electron chi connectivity index (χ4n) is 1.24. The number of halogens is 3. The number of phenolic OH excluding ortho intramolecular Hbond substituents is 4. The highest BCUT2D eigenvalue weighted by molar-refractivity contribution is 6.67. The Kier molecular flexibility index (Phi) is 11.2. The van der Waals surface area contributed by atoms with Crippen molar-refractivity contribution in [2.45, 2.75) is 0 Å². The molecule has 2 aromatic rings. The van der Waals surface area contributed by atoms with Crippen molar-refractivity contribution in [3.05, 3.63) is 48.0 Å². The molecular formula is C16H15Cl3O6. The van der Waals surface area contributed by atoms with E-state index in [1.807, 2.05) is 0 Å². The van der Waals surface area contributed by atoms with Crippen LogP contribution in [0.15, 0.2) is 42.5 Å². The number of carbonyl (C=O) groups is 2. The molecule has 0 spiro atoms. The Morgan fingerprint density at radius 2 is 1.20 bits per heavy atom. The predicted molar refractivity (Wildman–Crippen MR) is 96.2 cm³/mol. The lowest BCUT2D eigenvalue weighted by atomic mass is 10.1. The summed E-state index contributed by atoms with van der Waals surface area (Å²) in [5, 5.41) is 34.7. The van der Waals surface area contributed by atoms with E-state index in [9.17, 15) is 9.59 Å². The van der Waals surface area contributed by atoms with Gasteiger partial charge in [-0.25, -0.2) is 0 Å². The number of phenols is 4. The zero-order chi connectivity index (χ0) is 19.4. The molecule has 0 radical (unpaired) electrons. The molecule has 0 aliphatic carbocycles. The van der Waals surface area contributed by atoms with Crippen LogP contribution < -0.4 is 0 Å². The van der Waals surface area contributed by atoms with Gasteiger partial charge in [-0.15, -0.1) is 23.2 Å². The standard InChI is InChI=1S/C8H7ClO3.C6H6O2.C2H2Cl2O/c9-4-8(12)5-1-2-6(10)7(11)3-5;7-5-3-1-2-4-6(5)8;3-1-2(4)5/h1-3,10-11H,4H2;1-4,7-8H;1H2. The molecule has 25 heavy (non-hydrogen) atoms. The van der Waals surface area contributed by atoms with Gasteiger partial charge >= 0.3 is 0 Å². The van der Waals surface area contributed by atoms with Gasteiger partial charge in [-0.1, -0.05) is 12.1 Å². The summed E-state index contributed by atoms with van der Waals surface area (Å²) in [5.74, 6) is -1.23. The highest BCUT2D eigenvalue weighted by Gasteiger charge is 2.06. The van der Waals surface area contributed by atoms with Crippen molar-refractivity contribution in [3.8, 4) is 23.0 Å². The maximum absolute atomic E-state index is 11.0. The number of carbonyl (C=O) groups excluding carboxylic acids is 2. The summed E-state index contributed by atoms with van der Waals surface area (Å²) < 4.78 is 0. The van der Waals surface area contributed by atoms with Gasteiger partial charge in [0.05, 0.1) is 11.8 Å². The minimum atomic E-state index is -0.508. The molecule has 0 aliphatic heterocycles. The number of benzene rings is 2. The lowest BCUT2D eigenvalue weighted by Crippen LogP contribution is -1.99. The van der Waals surface area contributed by atoms with Crippen LogP contribution in [0.5, 0.6) is 23.0 Å². The number of rotatable bonds is 3. The molecule has 2 rings (SSSR count). The van der Waals surface area contributed by atoms with E-state index in [1.165, 1.54) is 30.3 Å². The summed E-state index contributed by atoms with van der Waals surface area (Å²) in [5.41, 5.74) is 0.292. The third-order valence-electron chi connectivity index (χ3n) is 2.41. The second-order valence-corrected chi connectivity index (χ2v) is 5.19. The highest BCUT2D eigenvalue weighted by atomic mass is 35.5. The quantitative estimate of drug-likeness (QED) is 0.266. The van der Waals surface area contributed by atoms with Gasteiger partial charge in [0.15, 0.2) is 28.8 Å². The molecule has 0 unspecified atom stereocenters. The smallest absolute Gasteiger partial charge is 0.236 e. The molecule has 0 atom stereocenters. The van der Waals surface area contributed by atoms with Crippen LogP contribution in [0.4, 0.5) is 0 Å². The van der Waals surface area contributed by atoms with Crippen LogP contribution in [-0.4, -0.2) is 43.2 Å².